The van der Waals surface area contributed by atoms with E-state index in [1.54, 1.807) is 11.8 Å². The summed E-state index contributed by atoms with van der Waals surface area (Å²) in [6.07, 6.45) is 2.57. The second kappa shape index (κ2) is 11.0. The van der Waals surface area contributed by atoms with Crippen molar-refractivity contribution in [3.05, 3.63) is 84.4 Å². The topological polar surface area (TPSA) is 84.5 Å². The average Bonchev–Trinajstić information content (AvgIpc) is 2.79. The Morgan fingerprint density at radius 2 is 1.71 bits per heavy atom. The first kappa shape index (κ1) is 22.9. The largest absolute Gasteiger partial charge is 0.484 e. The highest BCUT2D eigenvalue weighted by molar-refractivity contribution is 7.98. The van der Waals surface area contributed by atoms with Crippen molar-refractivity contribution < 1.29 is 17.9 Å². The van der Waals surface area contributed by atoms with Gasteiger partial charge in [0.25, 0.3) is 5.91 Å². The van der Waals surface area contributed by atoms with Gasteiger partial charge < -0.3 is 10.1 Å². The SMILES string of the molecule is CSc1cccc(NC(=O)COc2ccc(S(=O)(=O)NCCc3ccccc3)cc2)c1. The van der Waals surface area contributed by atoms with E-state index in [1.807, 2.05) is 60.9 Å². The van der Waals surface area contributed by atoms with Crippen molar-refractivity contribution in [1.29, 1.82) is 0 Å². The fraction of sp³-hybridized carbons (Fsp3) is 0.174. The number of sulfonamides is 1. The summed E-state index contributed by atoms with van der Waals surface area (Å²) in [5.74, 6) is 0.119. The fourth-order valence-electron chi connectivity index (χ4n) is 2.82. The molecular weight excluding hydrogens is 432 g/mol. The number of nitrogens with one attached hydrogen (secondary N) is 2. The molecule has 0 unspecified atom stereocenters. The van der Waals surface area contributed by atoms with Gasteiger partial charge in [-0.25, -0.2) is 13.1 Å². The second-order valence-electron chi connectivity index (χ2n) is 6.67. The summed E-state index contributed by atoms with van der Waals surface area (Å²) in [6, 6.07) is 23.2. The molecule has 31 heavy (non-hydrogen) atoms. The Morgan fingerprint density at radius 3 is 2.42 bits per heavy atom. The van der Waals surface area contributed by atoms with Crippen LogP contribution in [0.25, 0.3) is 0 Å². The molecule has 0 heterocycles. The summed E-state index contributed by atoms with van der Waals surface area (Å²) in [6.45, 7) is 0.132. The van der Waals surface area contributed by atoms with Gasteiger partial charge in [-0.05, 0) is 60.7 Å². The molecular formula is C23H24N2O4S2. The molecule has 1 amide bonds. The Hall–Kier alpha value is -2.81. The molecule has 0 aromatic heterocycles. The number of rotatable bonds is 10. The van der Waals surface area contributed by atoms with E-state index < -0.39 is 10.0 Å². The van der Waals surface area contributed by atoms with Crippen molar-refractivity contribution in [2.24, 2.45) is 0 Å². The first-order chi connectivity index (χ1) is 15.0. The van der Waals surface area contributed by atoms with Gasteiger partial charge in [0.1, 0.15) is 5.75 Å². The predicted octanol–water partition coefficient (Wildman–Crippen LogP) is 3.95. The van der Waals surface area contributed by atoms with Gasteiger partial charge >= 0.3 is 0 Å². The first-order valence-electron chi connectivity index (χ1n) is 9.66. The summed E-state index contributed by atoms with van der Waals surface area (Å²) < 4.78 is 32.9. The van der Waals surface area contributed by atoms with Crippen LogP contribution >= 0.6 is 11.8 Å². The smallest absolute Gasteiger partial charge is 0.262 e. The number of amides is 1. The van der Waals surface area contributed by atoms with Gasteiger partial charge in [-0.15, -0.1) is 11.8 Å². The van der Waals surface area contributed by atoms with Gasteiger partial charge in [-0.3, -0.25) is 4.79 Å². The van der Waals surface area contributed by atoms with Crippen LogP contribution in [-0.2, 0) is 21.2 Å². The number of benzene rings is 3. The third kappa shape index (κ3) is 7.13. The van der Waals surface area contributed by atoms with E-state index in [4.69, 9.17) is 4.74 Å². The van der Waals surface area contributed by atoms with E-state index in [1.165, 1.54) is 24.3 Å². The van der Waals surface area contributed by atoms with Crippen molar-refractivity contribution >= 4 is 33.4 Å². The average molecular weight is 457 g/mol. The zero-order chi connectivity index (χ0) is 22.1. The van der Waals surface area contributed by atoms with E-state index in [-0.39, 0.29) is 17.4 Å². The molecule has 6 nitrogen and oxygen atoms in total. The summed E-state index contributed by atoms with van der Waals surface area (Å²) in [5.41, 5.74) is 1.76. The molecule has 0 bridgehead atoms. The lowest BCUT2D eigenvalue weighted by atomic mass is 10.2. The summed E-state index contributed by atoms with van der Waals surface area (Å²) in [7, 11) is -3.61. The molecule has 162 valence electrons. The highest BCUT2D eigenvalue weighted by Crippen LogP contribution is 2.19. The molecule has 0 radical (unpaired) electrons. The Labute approximate surface area is 187 Å². The quantitative estimate of drug-likeness (QED) is 0.452. The first-order valence-corrected chi connectivity index (χ1v) is 12.4. The maximum absolute atomic E-state index is 12.4. The van der Waals surface area contributed by atoms with Crippen LogP contribution in [0.5, 0.6) is 5.75 Å². The minimum absolute atomic E-state index is 0.145. The number of carbonyl (C=O) groups is 1. The van der Waals surface area contributed by atoms with E-state index in [2.05, 4.69) is 10.0 Å². The Balaban J connectivity index is 1.49. The van der Waals surface area contributed by atoms with Crippen molar-refractivity contribution in [2.45, 2.75) is 16.2 Å². The lowest BCUT2D eigenvalue weighted by Crippen LogP contribution is -2.26. The third-order valence-corrected chi connectivity index (χ3v) is 6.61. The second-order valence-corrected chi connectivity index (χ2v) is 9.32. The Kier molecular flexibility index (Phi) is 8.11. The molecule has 0 saturated heterocycles. The Morgan fingerprint density at radius 1 is 0.968 bits per heavy atom. The maximum atomic E-state index is 12.4. The van der Waals surface area contributed by atoms with Crippen molar-refractivity contribution in [3.63, 3.8) is 0 Å². The fourth-order valence-corrected chi connectivity index (χ4v) is 4.31. The van der Waals surface area contributed by atoms with Gasteiger partial charge in [-0.2, -0.15) is 0 Å². The molecule has 0 spiro atoms. The number of thioether (sulfide) groups is 1. The summed E-state index contributed by atoms with van der Waals surface area (Å²) in [5, 5.41) is 2.78. The number of hydrogen-bond acceptors (Lipinski definition) is 5. The molecule has 0 aliphatic carbocycles. The van der Waals surface area contributed by atoms with E-state index in [0.29, 0.717) is 24.4 Å². The van der Waals surface area contributed by atoms with Gasteiger partial charge in [0.15, 0.2) is 6.61 Å². The van der Waals surface area contributed by atoms with Crippen molar-refractivity contribution in [3.8, 4) is 5.75 Å². The van der Waals surface area contributed by atoms with Crippen LogP contribution in [0.3, 0.4) is 0 Å². The Bertz CT molecular complexity index is 1100. The molecule has 3 aromatic carbocycles. The lowest BCUT2D eigenvalue weighted by molar-refractivity contribution is -0.118. The maximum Gasteiger partial charge on any atom is 0.262 e. The summed E-state index contributed by atoms with van der Waals surface area (Å²) >= 11 is 1.59. The highest BCUT2D eigenvalue weighted by atomic mass is 32.2. The number of carbonyl (C=O) groups excluding carboxylic acids is 1. The van der Waals surface area contributed by atoms with Crippen LogP contribution in [0.4, 0.5) is 5.69 Å². The van der Waals surface area contributed by atoms with Gasteiger partial charge in [0.05, 0.1) is 4.90 Å². The monoisotopic (exact) mass is 456 g/mol. The van der Waals surface area contributed by atoms with Crippen molar-refractivity contribution in [2.75, 3.05) is 24.7 Å². The molecule has 3 aromatic rings. The van der Waals surface area contributed by atoms with E-state index in [0.717, 1.165) is 10.5 Å². The number of ether oxygens (including phenoxy) is 1. The summed E-state index contributed by atoms with van der Waals surface area (Å²) in [4.78, 5) is 13.3. The molecule has 0 saturated carbocycles. The standard InChI is InChI=1S/C23H24N2O4S2/c1-30-21-9-5-8-19(16-21)25-23(26)17-29-20-10-12-22(13-11-20)31(27,28)24-15-14-18-6-3-2-4-7-18/h2-13,16,24H,14-15,17H2,1H3,(H,25,26). The van der Waals surface area contributed by atoms with E-state index in [9.17, 15) is 13.2 Å². The van der Waals surface area contributed by atoms with Crippen LogP contribution in [0.2, 0.25) is 0 Å². The molecule has 0 atom stereocenters. The molecule has 2 N–H and O–H groups in total. The zero-order valence-electron chi connectivity index (χ0n) is 17.1. The van der Waals surface area contributed by atoms with Crippen LogP contribution < -0.4 is 14.8 Å². The van der Waals surface area contributed by atoms with Gasteiger partial charge in [-0.1, -0.05) is 36.4 Å². The molecule has 0 aliphatic rings. The molecule has 0 fully saturated rings. The minimum atomic E-state index is -3.61. The molecule has 3 rings (SSSR count). The number of hydrogen-bond donors (Lipinski definition) is 2. The van der Waals surface area contributed by atoms with Crippen LogP contribution in [0.15, 0.2) is 88.7 Å². The zero-order valence-corrected chi connectivity index (χ0v) is 18.7. The highest BCUT2D eigenvalue weighted by Gasteiger charge is 2.13. The normalized spacial score (nSPS) is 11.1. The number of anilines is 1. The van der Waals surface area contributed by atoms with Crippen LogP contribution in [0, 0.1) is 0 Å². The van der Waals surface area contributed by atoms with Crippen LogP contribution in [0.1, 0.15) is 5.56 Å². The minimum Gasteiger partial charge on any atom is -0.484 e. The molecule has 8 heteroatoms. The van der Waals surface area contributed by atoms with Gasteiger partial charge in [0.2, 0.25) is 10.0 Å². The predicted molar refractivity (Wildman–Crippen MR) is 124 cm³/mol. The third-order valence-electron chi connectivity index (χ3n) is 4.41. The van der Waals surface area contributed by atoms with Gasteiger partial charge in [0, 0.05) is 17.1 Å². The molecule has 0 aliphatic heterocycles. The lowest BCUT2D eigenvalue weighted by Gasteiger charge is -2.10. The van der Waals surface area contributed by atoms with Crippen molar-refractivity contribution in [1.82, 2.24) is 4.72 Å². The van der Waals surface area contributed by atoms with E-state index >= 15 is 0 Å². The van der Waals surface area contributed by atoms with Crippen LogP contribution in [-0.4, -0.2) is 33.7 Å².